The van der Waals surface area contributed by atoms with Gasteiger partial charge < -0.3 is 5.11 Å². The molecule has 0 amide bonds. The van der Waals surface area contributed by atoms with Crippen molar-refractivity contribution >= 4 is 0 Å². The number of benzene rings is 2. The van der Waals surface area contributed by atoms with Crippen LogP contribution in [0, 0.1) is 19.7 Å². The molecule has 2 heteroatoms. The van der Waals surface area contributed by atoms with Gasteiger partial charge in [0.1, 0.15) is 11.9 Å². The van der Waals surface area contributed by atoms with Crippen molar-refractivity contribution in [3.05, 3.63) is 70.5 Å². The molecule has 0 aliphatic carbocycles. The molecule has 1 atom stereocenters. The third-order valence-electron chi connectivity index (χ3n) is 2.86. The van der Waals surface area contributed by atoms with Crippen LogP contribution in [0.1, 0.15) is 28.4 Å². The van der Waals surface area contributed by atoms with Crippen molar-refractivity contribution in [3.63, 3.8) is 0 Å². The lowest BCUT2D eigenvalue weighted by atomic mass is 9.96. The Hall–Kier alpha value is -1.67. The lowest BCUT2D eigenvalue weighted by Gasteiger charge is -2.14. The standard InChI is InChI=1S/C15H15FO/c1-10-7-12(9-13(16)8-10)15(17)14-6-4-3-5-11(14)2/h3-9,15,17H,1-2H3. The maximum absolute atomic E-state index is 13.3. The fourth-order valence-corrected chi connectivity index (χ4v) is 2.00. The third-order valence-corrected chi connectivity index (χ3v) is 2.86. The number of hydrogen-bond donors (Lipinski definition) is 1. The summed E-state index contributed by atoms with van der Waals surface area (Å²) in [6, 6.07) is 12.2. The van der Waals surface area contributed by atoms with E-state index in [0.717, 1.165) is 16.7 Å². The first-order valence-corrected chi connectivity index (χ1v) is 5.58. The molecule has 2 rings (SSSR count). The molecular formula is C15H15FO. The Morgan fingerprint density at radius 2 is 1.76 bits per heavy atom. The van der Waals surface area contributed by atoms with Gasteiger partial charge in [-0.15, -0.1) is 0 Å². The van der Waals surface area contributed by atoms with E-state index in [1.54, 1.807) is 6.07 Å². The van der Waals surface area contributed by atoms with E-state index in [-0.39, 0.29) is 5.82 Å². The van der Waals surface area contributed by atoms with E-state index >= 15 is 0 Å². The van der Waals surface area contributed by atoms with Crippen molar-refractivity contribution in [1.82, 2.24) is 0 Å². The van der Waals surface area contributed by atoms with Gasteiger partial charge in [-0.1, -0.05) is 30.3 Å². The van der Waals surface area contributed by atoms with Gasteiger partial charge in [0, 0.05) is 0 Å². The molecule has 1 unspecified atom stereocenters. The van der Waals surface area contributed by atoms with E-state index in [2.05, 4.69) is 0 Å². The van der Waals surface area contributed by atoms with Gasteiger partial charge in [-0.25, -0.2) is 4.39 Å². The van der Waals surface area contributed by atoms with Crippen LogP contribution in [0.3, 0.4) is 0 Å². The molecule has 2 aromatic rings. The fraction of sp³-hybridized carbons (Fsp3) is 0.200. The molecule has 0 heterocycles. The van der Waals surface area contributed by atoms with Gasteiger partial charge in [-0.2, -0.15) is 0 Å². The fourth-order valence-electron chi connectivity index (χ4n) is 2.00. The topological polar surface area (TPSA) is 20.2 Å². The Morgan fingerprint density at radius 3 is 2.41 bits per heavy atom. The molecule has 0 saturated carbocycles. The van der Waals surface area contributed by atoms with Crippen LogP contribution < -0.4 is 0 Å². The number of aryl methyl sites for hydroxylation is 2. The zero-order valence-corrected chi connectivity index (χ0v) is 9.94. The molecule has 1 N–H and O–H groups in total. The van der Waals surface area contributed by atoms with Crippen LogP contribution in [0.25, 0.3) is 0 Å². The van der Waals surface area contributed by atoms with Crippen molar-refractivity contribution < 1.29 is 9.50 Å². The maximum atomic E-state index is 13.3. The van der Waals surface area contributed by atoms with Crippen LogP contribution >= 0.6 is 0 Å². The van der Waals surface area contributed by atoms with E-state index in [1.807, 2.05) is 38.1 Å². The Bertz CT molecular complexity index is 514. The minimum absolute atomic E-state index is 0.312. The highest BCUT2D eigenvalue weighted by molar-refractivity contribution is 5.36. The minimum atomic E-state index is -0.773. The average molecular weight is 230 g/mol. The second kappa shape index (κ2) is 4.68. The molecule has 1 nitrogen and oxygen atoms in total. The number of aliphatic hydroxyl groups excluding tert-OH is 1. The summed E-state index contributed by atoms with van der Waals surface area (Å²) in [7, 11) is 0. The van der Waals surface area contributed by atoms with Crippen molar-refractivity contribution in [2.75, 3.05) is 0 Å². The van der Waals surface area contributed by atoms with Crippen molar-refractivity contribution in [3.8, 4) is 0 Å². The van der Waals surface area contributed by atoms with Gasteiger partial charge in [0.25, 0.3) is 0 Å². The normalized spacial score (nSPS) is 12.5. The monoisotopic (exact) mass is 230 g/mol. The van der Waals surface area contributed by atoms with Crippen LogP contribution in [-0.4, -0.2) is 5.11 Å². The molecule has 17 heavy (non-hydrogen) atoms. The lowest BCUT2D eigenvalue weighted by molar-refractivity contribution is 0.219. The molecule has 0 saturated heterocycles. The highest BCUT2D eigenvalue weighted by Crippen LogP contribution is 2.25. The first-order valence-electron chi connectivity index (χ1n) is 5.58. The van der Waals surface area contributed by atoms with E-state index in [9.17, 15) is 9.50 Å². The molecule has 88 valence electrons. The minimum Gasteiger partial charge on any atom is -0.384 e. The van der Waals surface area contributed by atoms with Gasteiger partial charge >= 0.3 is 0 Å². The Kier molecular flexibility index (Phi) is 3.25. The molecule has 0 radical (unpaired) electrons. The van der Waals surface area contributed by atoms with E-state index in [4.69, 9.17) is 0 Å². The van der Waals surface area contributed by atoms with E-state index in [0.29, 0.717) is 5.56 Å². The molecular weight excluding hydrogens is 215 g/mol. The van der Waals surface area contributed by atoms with Crippen LogP contribution in [0.5, 0.6) is 0 Å². The van der Waals surface area contributed by atoms with E-state index in [1.165, 1.54) is 12.1 Å². The number of rotatable bonds is 2. The molecule has 0 aliphatic rings. The second-order valence-corrected chi connectivity index (χ2v) is 4.32. The van der Waals surface area contributed by atoms with Gasteiger partial charge in [0.05, 0.1) is 0 Å². The molecule has 0 fully saturated rings. The third kappa shape index (κ3) is 2.53. The van der Waals surface area contributed by atoms with Crippen molar-refractivity contribution in [2.24, 2.45) is 0 Å². The first-order chi connectivity index (χ1) is 8.08. The van der Waals surface area contributed by atoms with Gasteiger partial charge in [-0.3, -0.25) is 0 Å². The molecule has 0 bridgehead atoms. The molecule has 0 aromatic heterocycles. The summed E-state index contributed by atoms with van der Waals surface area (Å²) < 4.78 is 13.3. The Labute approximate surface area is 101 Å². The summed E-state index contributed by atoms with van der Waals surface area (Å²) in [6.45, 7) is 3.75. The smallest absolute Gasteiger partial charge is 0.123 e. The second-order valence-electron chi connectivity index (χ2n) is 4.32. The van der Waals surface area contributed by atoms with Crippen LogP contribution in [0.2, 0.25) is 0 Å². The highest BCUT2D eigenvalue weighted by atomic mass is 19.1. The molecule has 2 aromatic carbocycles. The largest absolute Gasteiger partial charge is 0.384 e. The Morgan fingerprint density at radius 1 is 1.06 bits per heavy atom. The number of hydrogen-bond acceptors (Lipinski definition) is 1. The van der Waals surface area contributed by atoms with E-state index < -0.39 is 6.10 Å². The van der Waals surface area contributed by atoms with Crippen LogP contribution in [-0.2, 0) is 0 Å². The van der Waals surface area contributed by atoms with Crippen LogP contribution in [0.4, 0.5) is 4.39 Å². The summed E-state index contributed by atoms with van der Waals surface area (Å²) in [5.41, 5.74) is 3.23. The average Bonchev–Trinajstić information content (AvgIpc) is 2.27. The lowest BCUT2D eigenvalue weighted by Crippen LogP contribution is -2.02. The summed E-state index contributed by atoms with van der Waals surface area (Å²) in [5.74, 6) is -0.312. The van der Waals surface area contributed by atoms with Gasteiger partial charge in [-0.05, 0) is 48.2 Å². The van der Waals surface area contributed by atoms with Crippen molar-refractivity contribution in [2.45, 2.75) is 20.0 Å². The molecule has 0 spiro atoms. The summed E-state index contributed by atoms with van der Waals surface area (Å²) in [4.78, 5) is 0. The SMILES string of the molecule is Cc1cc(F)cc(C(O)c2ccccc2C)c1. The molecule has 0 aliphatic heterocycles. The summed E-state index contributed by atoms with van der Waals surface area (Å²) in [5, 5.41) is 10.3. The highest BCUT2D eigenvalue weighted by Gasteiger charge is 2.13. The summed E-state index contributed by atoms with van der Waals surface area (Å²) >= 11 is 0. The zero-order chi connectivity index (χ0) is 12.4. The van der Waals surface area contributed by atoms with Crippen LogP contribution in [0.15, 0.2) is 42.5 Å². The van der Waals surface area contributed by atoms with Gasteiger partial charge in [0.2, 0.25) is 0 Å². The summed E-state index contributed by atoms with van der Waals surface area (Å²) in [6.07, 6.45) is -0.773. The maximum Gasteiger partial charge on any atom is 0.123 e. The first kappa shape index (κ1) is 11.8. The predicted molar refractivity (Wildman–Crippen MR) is 66.4 cm³/mol. The predicted octanol–water partition coefficient (Wildman–Crippen LogP) is 3.52. The quantitative estimate of drug-likeness (QED) is 0.836. The number of halogens is 1. The van der Waals surface area contributed by atoms with Crippen molar-refractivity contribution in [1.29, 1.82) is 0 Å². The Balaban J connectivity index is 2.43. The number of aliphatic hydroxyl groups is 1. The zero-order valence-electron chi connectivity index (χ0n) is 9.94. The van der Waals surface area contributed by atoms with Gasteiger partial charge in [0.15, 0.2) is 0 Å².